The third-order valence-corrected chi connectivity index (χ3v) is 3.56. The van der Waals surface area contributed by atoms with Crippen LogP contribution in [0.2, 0.25) is 0 Å². The van der Waals surface area contributed by atoms with Crippen molar-refractivity contribution in [2.45, 2.75) is 0 Å². The first-order valence-electron chi connectivity index (χ1n) is 8.31. The second-order valence-electron chi connectivity index (χ2n) is 5.75. The van der Waals surface area contributed by atoms with Gasteiger partial charge < -0.3 is 27.8 Å². The van der Waals surface area contributed by atoms with Crippen molar-refractivity contribution in [1.82, 2.24) is 0 Å². The molecule has 28 heavy (non-hydrogen) atoms. The molecular weight excluding hydrogens is 374 g/mol. The maximum atomic E-state index is 5.95. The van der Waals surface area contributed by atoms with Crippen molar-refractivity contribution in [1.29, 1.82) is 0 Å². The van der Waals surface area contributed by atoms with Crippen LogP contribution in [0.15, 0.2) is 88.8 Å². The molecule has 0 aliphatic rings. The molecule has 144 valence electrons. The van der Waals surface area contributed by atoms with E-state index >= 15 is 0 Å². The average Bonchev–Trinajstić information content (AvgIpc) is 2.64. The summed E-state index contributed by atoms with van der Waals surface area (Å²) in [5.74, 6) is 0.350. The first-order valence-corrected chi connectivity index (χ1v) is 8.31. The third-order valence-electron chi connectivity index (χ3n) is 3.56. The van der Waals surface area contributed by atoms with Crippen LogP contribution in [0, 0.1) is 0 Å². The monoisotopic (exact) mass is 395 g/mol. The summed E-state index contributed by atoms with van der Waals surface area (Å²) in [4.78, 5) is 8.40. The van der Waals surface area contributed by atoms with Gasteiger partial charge in [0.2, 0.25) is 0 Å². The molecule has 3 rings (SSSR count). The smallest absolute Gasteiger partial charge is 0.198 e. The molecule has 8 heteroatoms. The fraction of sp³-hybridized carbons (Fsp3) is 0. The van der Waals surface area contributed by atoms with Crippen LogP contribution in [0.5, 0.6) is 0 Å². The Morgan fingerprint density at radius 2 is 1.32 bits per heavy atom. The first kappa shape index (κ1) is 20.6. The van der Waals surface area contributed by atoms with E-state index in [1.807, 2.05) is 78.9 Å². The molecule has 0 amide bonds. The Balaban J connectivity index is 0.00000280. The van der Waals surface area contributed by atoms with Crippen molar-refractivity contribution in [3.63, 3.8) is 0 Å². The predicted molar refractivity (Wildman–Crippen MR) is 120 cm³/mol. The number of guanidine groups is 2. The highest BCUT2D eigenvalue weighted by molar-refractivity contribution is 5.94. The van der Waals surface area contributed by atoms with Gasteiger partial charge in [0.05, 0.1) is 11.4 Å². The molecule has 7 nitrogen and oxygen atoms in total. The zero-order valence-corrected chi connectivity index (χ0v) is 15.9. The van der Waals surface area contributed by atoms with Crippen LogP contribution in [0.4, 0.5) is 28.4 Å². The Hall–Kier alpha value is -3.71. The number of nitrogens with two attached hydrogens (primary N) is 3. The average molecular weight is 396 g/mol. The van der Waals surface area contributed by atoms with Crippen LogP contribution >= 0.6 is 12.4 Å². The molecule has 0 radical (unpaired) electrons. The Morgan fingerprint density at radius 3 is 2.00 bits per heavy atom. The van der Waals surface area contributed by atoms with E-state index in [2.05, 4.69) is 20.6 Å². The van der Waals surface area contributed by atoms with Crippen molar-refractivity contribution in [2.24, 2.45) is 27.2 Å². The fourth-order valence-corrected chi connectivity index (χ4v) is 2.42. The molecule has 3 aromatic carbocycles. The van der Waals surface area contributed by atoms with E-state index in [4.69, 9.17) is 17.2 Å². The van der Waals surface area contributed by atoms with Gasteiger partial charge in [-0.15, -0.1) is 12.4 Å². The van der Waals surface area contributed by atoms with Gasteiger partial charge in [0.15, 0.2) is 11.9 Å². The van der Waals surface area contributed by atoms with Gasteiger partial charge in [0.1, 0.15) is 0 Å². The molecule has 0 unspecified atom stereocenters. The number of anilines is 3. The van der Waals surface area contributed by atoms with Crippen LogP contribution in [0.25, 0.3) is 0 Å². The SMILES string of the molecule is Cl.NC(N)=Nc1cccc(Nc2ccc(N=C(N)Nc3ccccc3)cc2)c1. The number of benzene rings is 3. The normalized spacial score (nSPS) is 10.5. The largest absolute Gasteiger partial charge is 0.370 e. The number of hydrogen-bond donors (Lipinski definition) is 5. The molecule has 0 aliphatic heterocycles. The first-order chi connectivity index (χ1) is 13.1. The zero-order chi connectivity index (χ0) is 19.1. The highest BCUT2D eigenvalue weighted by Crippen LogP contribution is 2.23. The van der Waals surface area contributed by atoms with Crippen molar-refractivity contribution in [2.75, 3.05) is 10.6 Å². The van der Waals surface area contributed by atoms with E-state index in [-0.39, 0.29) is 18.4 Å². The van der Waals surface area contributed by atoms with E-state index in [0.29, 0.717) is 11.6 Å². The second-order valence-corrected chi connectivity index (χ2v) is 5.75. The van der Waals surface area contributed by atoms with E-state index in [1.54, 1.807) is 0 Å². The molecule has 0 fully saturated rings. The van der Waals surface area contributed by atoms with Crippen LogP contribution in [-0.4, -0.2) is 11.9 Å². The summed E-state index contributed by atoms with van der Waals surface area (Å²) in [7, 11) is 0. The lowest BCUT2D eigenvalue weighted by Crippen LogP contribution is -2.21. The molecule has 0 aromatic heterocycles. The molecule has 8 N–H and O–H groups in total. The number of aliphatic imine (C=N–C) groups is 2. The van der Waals surface area contributed by atoms with Crippen LogP contribution in [0.1, 0.15) is 0 Å². The molecule has 0 saturated heterocycles. The summed E-state index contributed by atoms with van der Waals surface area (Å²) in [6.07, 6.45) is 0. The minimum Gasteiger partial charge on any atom is -0.370 e. The third kappa shape index (κ3) is 6.22. The van der Waals surface area contributed by atoms with E-state index < -0.39 is 0 Å². The number of rotatable bonds is 5. The van der Waals surface area contributed by atoms with Gasteiger partial charge in [-0.05, 0) is 54.6 Å². The minimum atomic E-state index is 0. The lowest BCUT2D eigenvalue weighted by molar-refractivity contribution is 1.41. The fourth-order valence-electron chi connectivity index (χ4n) is 2.42. The number of nitrogens with one attached hydrogen (secondary N) is 2. The summed E-state index contributed by atoms with van der Waals surface area (Å²) >= 11 is 0. The molecule has 0 saturated carbocycles. The zero-order valence-electron chi connectivity index (χ0n) is 15.0. The molecule has 0 spiro atoms. The lowest BCUT2D eigenvalue weighted by Gasteiger charge is -2.08. The molecule has 0 aliphatic carbocycles. The quantitative estimate of drug-likeness (QED) is 0.331. The molecule has 3 aromatic rings. The maximum absolute atomic E-state index is 5.95. The molecular formula is C20H22ClN7. The molecule has 0 bridgehead atoms. The number of halogens is 1. The van der Waals surface area contributed by atoms with Crippen molar-refractivity contribution >= 4 is 52.8 Å². The number of nitrogens with zero attached hydrogens (tertiary/aromatic N) is 2. The summed E-state index contributed by atoms with van der Waals surface area (Å²) in [5.41, 5.74) is 20.9. The highest BCUT2D eigenvalue weighted by Gasteiger charge is 1.99. The van der Waals surface area contributed by atoms with Gasteiger partial charge >= 0.3 is 0 Å². The van der Waals surface area contributed by atoms with Gasteiger partial charge in [-0.25, -0.2) is 9.98 Å². The summed E-state index contributed by atoms with van der Waals surface area (Å²) in [6.45, 7) is 0. The number of hydrogen-bond acceptors (Lipinski definition) is 3. The lowest BCUT2D eigenvalue weighted by atomic mass is 10.2. The van der Waals surface area contributed by atoms with Crippen LogP contribution in [-0.2, 0) is 0 Å². The summed E-state index contributed by atoms with van der Waals surface area (Å²) in [5, 5.41) is 6.34. The Kier molecular flexibility index (Phi) is 7.24. The number of para-hydroxylation sites is 1. The van der Waals surface area contributed by atoms with Crippen molar-refractivity contribution < 1.29 is 0 Å². The van der Waals surface area contributed by atoms with Crippen LogP contribution < -0.4 is 27.8 Å². The predicted octanol–water partition coefficient (Wildman–Crippen LogP) is 3.82. The molecule has 0 heterocycles. The standard InChI is InChI=1S/C20H21N7.ClH/c21-19(22)25-18-8-4-7-17(13-18)24-15-9-11-16(12-10-15)27-20(23)26-14-5-2-1-3-6-14;/h1-13,24H,(H4,21,22,25)(H3,23,26,27);1H. The van der Waals surface area contributed by atoms with Crippen molar-refractivity contribution in [3.8, 4) is 0 Å². The van der Waals surface area contributed by atoms with E-state index in [1.165, 1.54) is 0 Å². The highest BCUT2D eigenvalue weighted by atomic mass is 35.5. The Labute approximate surface area is 169 Å². The van der Waals surface area contributed by atoms with E-state index in [9.17, 15) is 0 Å². The topological polar surface area (TPSA) is 127 Å². The van der Waals surface area contributed by atoms with Gasteiger partial charge in [-0.2, -0.15) is 0 Å². The Morgan fingerprint density at radius 1 is 0.643 bits per heavy atom. The van der Waals surface area contributed by atoms with Gasteiger partial charge in [-0.3, -0.25) is 0 Å². The minimum absolute atomic E-state index is 0. The van der Waals surface area contributed by atoms with Gasteiger partial charge in [0.25, 0.3) is 0 Å². The van der Waals surface area contributed by atoms with Crippen molar-refractivity contribution in [3.05, 3.63) is 78.9 Å². The summed E-state index contributed by atoms with van der Waals surface area (Å²) < 4.78 is 0. The van der Waals surface area contributed by atoms with Crippen LogP contribution in [0.3, 0.4) is 0 Å². The Bertz CT molecular complexity index is 950. The second kappa shape index (κ2) is 9.84. The van der Waals surface area contributed by atoms with Gasteiger partial charge in [-0.1, -0.05) is 24.3 Å². The van der Waals surface area contributed by atoms with Gasteiger partial charge in [0, 0.05) is 17.1 Å². The molecule has 0 atom stereocenters. The maximum Gasteiger partial charge on any atom is 0.198 e. The summed E-state index contributed by atoms with van der Waals surface area (Å²) in [6, 6.07) is 24.7. The van der Waals surface area contributed by atoms with E-state index in [0.717, 1.165) is 22.7 Å².